The minimum absolute atomic E-state index is 0.00259. The van der Waals surface area contributed by atoms with Gasteiger partial charge in [-0.25, -0.2) is 0 Å². The van der Waals surface area contributed by atoms with E-state index in [2.05, 4.69) is 0 Å². The van der Waals surface area contributed by atoms with Crippen molar-refractivity contribution in [3.05, 3.63) is 33.9 Å². The van der Waals surface area contributed by atoms with Crippen molar-refractivity contribution in [1.29, 1.82) is 0 Å². The van der Waals surface area contributed by atoms with Crippen molar-refractivity contribution in [3.8, 4) is 5.75 Å². The third-order valence-corrected chi connectivity index (χ3v) is 1.95. The second-order valence-electron chi connectivity index (χ2n) is 3.03. The van der Waals surface area contributed by atoms with Crippen molar-refractivity contribution in [3.63, 3.8) is 0 Å². The molecule has 82 valence electrons. The molecule has 0 radical (unpaired) electrons. The van der Waals surface area contributed by atoms with Crippen molar-refractivity contribution in [2.24, 2.45) is 5.73 Å². The van der Waals surface area contributed by atoms with Crippen LogP contribution in [0.1, 0.15) is 12.5 Å². The number of hydrogen-bond acceptors (Lipinski definition) is 4. The highest BCUT2D eigenvalue weighted by Gasteiger charge is 2.15. The van der Waals surface area contributed by atoms with Gasteiger partial charge in [-0.3, -0.25) is 10.1 Å². The molecule has 0 saturated carbocycles. The van der Waals surface area contributed by atoms with Crippen molar-refractivity contribution >= 4 is 5.69 Å². The van der Waals surface area contributed by atoms with E-state index in [-0.39, 0.29) is 5.69 Å². The molecule has 0 atom stereocenters. The van der Waals surface area contributed by atoms with Gasteiger partial charge in [0.1, 0.15) is 0 Å². The molecule has 0 unspecified atom stereocenters. The van der Waals surface area contributed by atoms with Crippen LogP contribution in [0.3, 0.4) is 0 Å². The van der Waals surface area contributed by atoms with Crippen LogP contribution in [0, 0.1) is 10.1 Å². The van der Waals surface area contributed by atoms with E-state index in [1.54, 1.807) is 19.1 Å². The third kappa shape index (κ3) is 2.92. The average molecular weight is 210 g/mol. The van der Waals surface area contributed by atoms with Crippen LogP contribution in [-0.4, -0.2) is 18.1 Å². The predicted molar refractivity (Wildman–Crippen MR) is 57.0 cm³/mol. The molecular weight excluding hydrogens is 196 g/mol. The fraction of sp³-hybridized carbons (Fsp3) is 0.400. The van der Waals surface area contributed by atoms with E-state index in [0.29, 0.717) is 25.3 Å². The van der Waals surface area contributed by atoms with Gasteiger partial charge in [0.15, 0.2) is 5.75 Å². The Morgan fingerprint density at radius 1 is 1.53 bits per heavy atom. The van der Waals surface area contributed by atoms with Crippen LogP contribution in [0.4, 0.5) is 5.69 Å². The maximum atomic E-state index is 10.7. The number of nitrogens with two attached hydrogens (primary N) is 1. The van der Waals surface area contributed by atoms with Gasteiger partial charge in [-0.05, 0) is 31.5 Å². The Morgan fingerprint density at radius 3 is 2.80 bits per heavy atom. The second kappa shape index (κ2) is 5.31. The monoisotopic (exact) mass is 210 g/mol. The molecule has 15 heavy (non-hydrogen) atoms. The van der Waals surface area contributed by atoms with E-state index in [1.807, 2.05) is 0 Å². The Labute approximate surface area is 88.0 Å². The lowest BCUT2D eigenvalue weighted by Crippen LogP contribution is -2.04. The molecule has 0 heterocycles. The largest absolute Gasteiger partial charge is 0.487 e. The summed E-state index contributed by atoms with van der Waals surface area (Å²) >= 11 is 0. The van der Waals surface area contributed by atoms with Crippen LogP contribution < -0.4 is 10.5 Å². The third-order valence-electron chi connectivity index (χ3n) is 1.95. The number of nitrogens with zero attached hydrogens (tertiary/aromatic N) is 1. The lowest BCUT2D eigenvalue weighted by Gasteiger charge is -2.05. The number of rotatable bonds is 5. The van der Waals surface area contributed by atoms with Crippen LogP contribution in [0.25, 0.3) is 0 Å². The maximum absolute atomic E-state index is 10.7. The topological polar surface area (TPSA) is 78.4 Å². The van der Waals surface area contributed by atoms with E-state index >= 15 is 0 Å². The highest BCUT2D eigenvalue weighted by Crippen LogP contribution is 2.27. The summed E-state index contributed by atoms with van der Waals surface area (Å²) in [5.74, 6) is 0.309. The van der Waals surface area contributed by atoms with Gasteiger partial charge < -0.3 is 10.5 Å². The molecule has 2 N–H and O–H groups in total. The molecule has 0 spiro atoms. The number of hydrogen-bond donors (Lipinski definition) is 1. The molecule has 1 rings (SSSR count). The van der Waals surface area contributed by atoms with Crippen molar-refractivity contribution < 1.29 is 9.66 Å². The molecule has 5 nitrogen and oxygen atoms in total. The normalized spacial score (nSPS) is 10.0. The number of nitro benzene ring substituents is 1. The molecule has 1 aromatic carbocycles. The van der Waals surface area contributed by atoms with Gasteiger partial charge in [-0.15, -0.1) is 0 Å². The van der Waals surface area contributed by atoms with Crippen molar-refractivity contribution in [1.82, 2.24) is 0 Å². The van der Waals surface area contributed by atoms with Crippen LogP contribution >= 0.6 is 0 Å². The number of nitro groups is 1. The zero-order chi connectivity index (χ0) is 11.3. The second-order valence-corrected chi connectivity index (χ2v) is 3.03. The lowest BCUT2D eigenvalue weighted by molar-refractivity contribution is -0.385. The Bertz CT molecular complexity index is 353. The van der Waals surface area contributed by atoms with Crippen LogP contribution in [-0.2, 0) is 6.42 Å². The molecule has 5 heteroatoms. The summed E-state index contributed by atoms with van der Waals surface area (Å²) in [5, 5.41) is 10.7. The molecule has 0 amide bonds. The SMILES string of the molecule is CCOc1ccc(CCN)cc1[N+](=O)[O-]. The maximum Gasteiger partial charge on any atom is 0.311 e. The first-order valence-corrected chi connectivity index (χ1v) is 4.79. The van der Waals surface area contributed by atoms with E-state index in [4.69, 9.17) is 10.5 Å². The highest BCUT2D eigenvalue weighted by molar-refractivity contribution is 5.48. The Hall–Kier alpha value is -1.62. The zero-order valence-electron chi connectivity index (χ0n) is 8.60. The Kier molecular flexibility index (Phi) is 4.05. The summed E-state index contributed by atoms with van der Waals surface area (Å²) < 4.78 is 5.16. The molecule has 0 aliphatic rings. The molecule has 1 aromatic rings. The summed E-state index contributed by atoms with van der Waals surface area (Å²) in [6, 6.07) is 4.93. The van der Waals surface area contributed by atoms with Crippen molar-refractivity contribution in [2.45, 2.75) is 13.3 Å². The first kappa shape index (κ1) is 11.5. The van der Waals surface area contributed by atoms with Gasteiger partial charge in [0.2, 0.25) is 0 Å². The molecule has 0 fully saturated rings. The number of benzene rings is 1. The summed E-state index contributed by atoms with van der Waals surface area (Å²) in [6.07, 6.45) is 0.632. The summed E-state index contributed by atoms with van der Waals surface area (Å²) in [4.78, 5) is 10.3. The molecule has 0 bridgehead atoms. The molecule has 0 aromatic heterocycles. The van der Waals surface area contributed by atoms with Gasteiger partial charge in [-0.1, -0.05) is 6.07 Å². The van der Waals surface area contributed by atoms with Gasteiger partial charge >= 0.3 is 5.69 Å². The lowest BCUT2D eigenvalue weighted by atomic mass is 10.1. The fourth-order valence-corrected chi connectivity index (χ4v) is 1.31. The van der Waals surface area contributed by atoms with Crippen LogP contribution in [0.15, 0.2) is 18.2 Å². The molecular formula is C10H14N2O3. The Balaban J connectivity index is 3.03. The molecule has 0 saturated heterocycles. The summed E-state index contributed by atoms with van der Waals surface area (Å²) in [6.45, 7) is 2.68. The predicted octanol–water partition coefficient (Wildman–Crippen LogP) is 1.49. The standard InChI is InChI=1S/C10H14N2O3/c1-2-15-10-4-3-8(5-6-11)7-9(10)12(13)14/h3-4,7H,2,5-6,11H2,1H3. The van der Waals surface area contributed by atoms with Gasteiger partial charge in [0, 0.05) is 6.07 Å². The van der Waals surface area contributed by atoms with Crippen LogP contribution in [0.5, 0.6) is 5.75 Å². The average Bonchev–Trinajstić information content (AvgIpc) is 2.21. The molecule has 0 aliphatic carbocycles. The van der Waals surface area contributed by atoms with Crippen molar-refractivity contribution in [2.75, 3.05) is 13.2 Å². The first-order chi connectivity index (χ1) is 7.19. The number of ether oxygens (including phenoxy) is 1. The van der Waals surface area contributed by atoms with E-state index in [1.165, 1.54) is 6.07 Å². The molecule has 0 aliphatic heterocycles. The van der Waals surface area contributed by atoms with Gasteiger partial charge in [-0.2, -0.15) is 0 Å². The summed E-state index contributed by atoms with van der Waals surface area (Å²) in [5.41, 5.74) is 6.24. The van der Waals surface area contributed by atoms with E-state index < -0.39 is 4.92 Å². The summed E-state index contributed by atoms with van der Waals surface area (Å²) in [7, 11) is 0. The minimum Gasteiger partial charge on any atom is -0.487 e. The van der Waals surface area contributed by atoms with E-state index in [9.17, 15) is 10.1 Å². The fourth-order valence-electron chi connectivity index (χ4n) is 1.31. The Morgan fingerprint density at radius 2 is 2.27 bits per heavy atom. The minimum atomic E-state index is -0.439. The highest BCUT2D eigenvalue weighted by atomic mass is 16.6. The smallest absolute Gasteiger partial charge is 0.311 e. The van der Waals surface area contributed by atoms with Gasteiger partial charge in [0.05, 0.1) is 11.5 Å². The quantitative estimate of drug-likeness (QED) is 0.590. The van der Waals surface area contributed by atoms with Gasteiger partial charge in [0.25, 0.3) is 0 Å². The van der Waals surface area contributed by atoms with E-state index in [0.717, 1.165) is 5.56 Å². The first-order valence-electron chi connectivity index (χ1n) is 4.79. The zero-order valence-corrected chi connectivity index (χ0v) is 8.60. The van der Waals surface area contributed by atoms with Crippen LogP contribution in [0.2, 0.25) is 0 Å².